The van der Waals surface area contributed by atoms with E-state index in [1.54, 1.807) is 18.2 Å². The summed E-state index contributed by atoms with van der Waals surface area (Å²) in [5.41, 5.74) is 11.0. The van der Waals surface area contributed by atoms with Gasteiger partial charge in [0.15, 0.2) is 5.65 Å². The fourth-order valence-corrected chi connectivity index (χ4v) is 6.27. The molecule has 0 saturated carbocycles. The number of aromatic nitrogens is 4. The number of furan rings is 1. The Bertz CT molecular complexity index is 2460. The molecule has 247 valence electrons. The molecule has 0 bridgehead atoms. The number of para-hydroxylation sites is 2. The average Bonchev–Trinajstić information content (AvgIpc) is 3.71. The van der Waals surface area contributed by atoms with Crippen LogP contribution in [0.15, 0.2) is 114 Å². The summed E-state index contributed by atoms with van der Waals surface area (Å²) >= 11 is 0. The largest absolute Gasteiger partial charge is 0.501 e. The summed E-state index contributed by atoms with van der Waals surface area (Å²) < 4.78 is 30.4. The van der Waals surface area contributed by atoms with Gasteiger partial charge in [0.1, 0.15) is 5.58 Å². The minimum absolute atomic E-state index is 0. The molecule has 0 unspecified atom stereocenters. The van der Waals surface area contributed by atoms with Crippen LogP contribution in [-0.4, -0.2) is 19.5 Å². The first-order valence-electron chi connectivity index (χ1n) is 17.8. The van der Waals surface area contributed by atoms with Gasteiger partial charge in [0.25, 0.3) is 0 Å². The number of rotatable bonds is 5. The molecule has 0 N–H and O–H groups in total. The second-order valence-corrected chi connectivity index (χ2v) is 12.6. The molecule has 0 aliphatic heterocycles. The Balaban J connectivity index is 0.000000230. The molecule has 6 heteroatoms. The summed E-state index contributed by atoms with van der Waals surface area (Å²) in [6, 6.07) is 38.2. The molecule has 0 amide bonds. The Morgan fingerprint density at radius 2 is 1.55 bits per heavy atom. The number of aryl methyl sites for hydroxylation is 2. The predicted molar refractivity (Wildman–Crippen MR) is 197 cm³/mol. The zero-order valence-corrected chi connectivity index (χ0v) is 30.5. The Hall–Kier alpha value is -4.90. The molecule has 0 fully saturated rings. The SMILES string of the molecule is Cc1ccnc2nc(-c3[c-]ccc4c3oc3ccccc34)n(-c3c(C(C)C)cccc3C(C)C)c12.[2H]C([2H])([2H])c1ccc(-c2[c-]cccc2)nc1.[Ir]. The molecule has 4 heterocycles. The van der Waals surface area contributed by atoms with Gasteiger partial charge in [-0.2, -0.15) is 0 Å². The molecule has 0 saturated heterocycles. The standard InChI is InChI=1S/C31H28N3O.C12H10N.Ir/c1-18(2)21-11-8-12-22(19(3)4)28(21)34-27-20(5)16-17-32-30(27)33-31(34)25-14-9-13-24-23-10-6-7-15-26(23)35-29(24)25;1-10-7-8-12(13-9-10)11-5-3-2-4-6-11;/h6-13,15-19H,1-5H3;2-5,7-9H,1H3;/q2*-1;/i;1D3;. The van der Waals surface area contributed by atoms with Crippen LogP contribution in [0, 0.1) is 25.9 Å². The molecule has 4 aromatic carbocycles. The van der Waals surface area contributed by atoms with Gasteiger partial charge in [0, 0.05) is 47.7 Å². The average molecular weight is 822 g/mol. The van der Waals surface area contributed by atoms with Crippen LogP contribution in [0.2, 0.25) is 0 Å². The van der Waals surface area contributed by atoms with Crippen LogP contribution in [0.3, 0.4) is 0 Å². The number of fused-ring (bicyclic) bond motifs is 4. The third-order valence-corrected chi connectivity index (χ3v) is 8.63. The van der Waals surface area contributed by atoms with Crippen molar-refractivity contribution in [3.05, 3.63) is 144 Å². The van der Waals surface area contributed by atoms with Crippen molar-refractivity contribution < 1.29 is 28.6 Å². The third kappa shape index (κ3) is 6.47. The molecule has 0 atom stereocenters. The van der Waals surface area contributed by atoms with E-state index in [1.807, 2.05) is 48.7 Å². The van der Waals surface area contributed by atoms with Gasteiger partial charge in [-0.1, -0.05) is 87.2 Å². The van der Waals surface area contributed by atoms with Gasteiger partial charge in [-0.05, 0) is 65.7 Å². The molecule has 1 radical (unpaired) electrons. The monoisotopic (exact) mass is 822 g/mol. The summed E-state index contributed by atoms with van der Waals surface area (Å²) in [4.78, 5) is 13.9. The predicted octanol–water partition coefficient (Wildman–Crippen LogP) is 11.2. The van der Waals surface area contributed by atoms with E-state index >= 15 is 0 Å². The number of pyridine rings is 2. The second kappa shape index (κ2) is 14.3. The summed E-state index contributed by atoms with van der Waals surface area (Å²) in [5, 5.41) is 2.17. The van der Waals surface area contributed by atoms with Crippen molar-refractivity contribution >= 4 is 33.1 Å². The normalized spacial score (nSPS) is 12.4. The van der Waals surface area contributed by atoms with E-state index in [2.05, 4.69) is 97.7 Å². The molecule has 0 spiro atoms. The number of benzene rings is 4. The van der Waals surface area contributed by atoms with E-state index < -0.39 is 6.85 Å². The molecule has 5 nitrogen and oxygen atoms in total. The van der Waals surface area contributed by atoms with Crippen LogP contribution in [0.1, 0.15) is 65.9 Å². The van der Waals surface area contributed by atoms with E-state index in [-0.39, 0.29) is 25.7 Å². The van der Waals surface area contributed by atoms with Crippen LogP contribution >= 0.6 is 0 Å². The molecule has 8 rings (SSSR count). The van der Waals surface area contributed by atoms with E-state index in [9.17, 15) is 0 Å². The van der Waals surface area contributed by atoms with E-state index in [0.29, 0.717) is 11.8 Å². The van der Waals surface area contributed by atoms with Gasteiger partial charge in [0.2, 0.25) is 0 Å². The number of imidazole rings is 1. The topological polar surface area (TPSA) is 56.7 Å². The summed E-state index contributed by atoms with van der Waals surface area (Å²) in [5.74, 6) is 1.50. The Kier molecular flexibility index (Phi) is 8.80. The fourth-order valence-electron chi connectivity index (χ4n) is 6.27. The van der Waals surface area contributed by atoms with Crippen LogP contribution < -0.4 is 0 Å². The minimum Gasteiger partial charge on any atom is -0.501 e. The zero-order valence-electron chi connectivity index (χ0n) is 31.1. The maximum absolute atomic E-state index is 7.23. The van der Waals surface area contributed by atoms with Crippen molar-refractivity contribution in [1.82, 2.24) is 19.5 Å². The number of hydrogen-bond acceptors (Lipinski definition) is 4. The maximum Gasteiger partial charge on any atom is 0.168 e. The fraction of sp³-hybridized carbons (Fsp3) is 0.186. The van der Waals surface area contributed by atoms with Gasteiger partial charge >= 0.3 is 0 Å². The zero-order chi connectivity index (χ0) is 35.9. The van der Waals surface area contributed by atoms with Gasteiger partial charge in [-0.15, -0.1) is 54.1 Å². The first kappa shape index (κ1) is 30.2. The van der Waals surface area contributed by atoms with Gasteiger partial charge < -0.3 is 14.0 Å². The van der Waals surface area contributed by atoms with Gasteiger partial charge in [-0.25, -0.2) is 4.98 Å². The number of hydrogen-bond donors (Lipinski definition) is 0. The van der Waals surface area contributed by atoms with Crippen molar-refractivity contribution in [2.75, 3.05) is 0 Å². The van der Waals surface area contributed by atoms with Gasteiger partial charge in [-0.3, -0.25) is 4.98 Å². The maximum atomic E-state index is 7.23. The minimum atomic E-state index is -2.09. The van der Waals surface area contributed by atoms with E-state index in [4.69, 9.17) is 13.5 Å². The smallest absolute Gasteiger partial charge is 0.168 e. The van der Waals surface area contributed by atoms with Crippen LogP contribution in [0.4, 0.5) is 0 Å². The van der Waals surface area contributed by atoms with Crippen molar-refractivity contribution in [1.29, 1.82) is 0 Å². The first-order chi connectivity index (χ1) is 24.5. The Morgan fingerprint density at radius 1 is 0.776 bits per heavy atom. The third-order valence-electron chi connectivity index (χ3n) is 8.63. The van der Waals surface area contributed by atoms with Crippen molar-refractivity contribution in [3.8, 4) is 28.3 Å². The molecule has 8 aromatic rings. The molecule has 0 aliphatic carbocycles. The summed E-state index contributed by atoms with van der Waals surface area (Å²) in [7, 11) is 0. The Labute approximate surface area is 305 Å². The van der Waals surface area contributed by atoms with Crippen LogP contribution in [0.5, 0.6) is 0 Å². The van der Waals surface area contributed by atoms with Crippen LogP contribution in [0.25, 0.3) is 61.4 Å². The van der Waals surface area contributed by atoms with E-state index in [0.717, 1.165) is 61.3 Å². The molecule has 49 heavy (non-hydrogen) atoms. The second-order valence-electron chi connectivity index (χ2n) is 12.6. The molecular weight excluding hydrogens is 781 g/mol. The van der Waals surface area contributed by atoms with E-state index in [1.165, 1.54) is 23.0 Å². The van der Waals surface area contributed by atoms with Crippen molar-refractivity contribution in [3.63, 3.8) is 0 Å². The first-order valence-corrected chi connectivity index (χ1v) is 16.3. The quantitative estimate of drug-likeness (QED) is 0.162. The van der Waals surface area contributed by atoms with Crippen molar-refractivity contribution in [2.45, 2.75) is 53.3 Å². The Morgan fingerprint density at radius 3 is 2.24 bits per heavy atom. The summed E-state index contributed by atoms with van der Waals surface area (Å²) in [6.45, 7) is 9.03. The van der Waals surface area contributed by atoms with Crippen LogP contribution in [-0.2, 0) is 20.1 Å². The number of nitrogens with zero attached hydrogens (tertiary/aromatic N) is 4. The molecule has 4 aromatic heterocycles. The molecule has 0 aliphatic rings. The van der Waals surface area contributed by atoms with Gasteiger partial charge in [0.05, 0.1) is 16.9 Å². The molecular formula is C43H38IrN4O-2. The van der Waals surface area contributed by atoms with Crippen molar-refractivity contribution in [2.24, 2.45) is 0 Å². The summed E-state index contributed by atoms with van der Waals surface area (Å²) in [6.07, 6.45) is 3.23.